The maximum atomic E-state index is 12.3. The number of nitrogens with zero attached hydrogens (tertiary/aromatic N) is 2. The number of carbonyl (C=O) groups is 4. The Hall–Kier alpha value is -3.56. The Bertz CT molecular complexity index is 1170. The summed E-state index contributed by atoms with van der Waals surface area (Å²) in [5.74, 6) is -3.00. The van der Waals surface area contributed by atoms with Gasteiger partial charge in [0.25, 0.3) is 11.5 Å². The number of fused-ring (bicyclic) bond motifs is 1. The minimum absolute atomic E-state index is 0. The molecule has 0 fully saturated rings. The predicted molar refractivity (Wildman–Crippen MR) is 145 cm³/mol. The molecule has 0 aliphatic carbocycles. The second-order valence-corrected chi connectivity index (χ2v) is 7.45. The summed E-state index contributed by atoms with van der Waals surface area (Å²) >= 11 is 0. The van der Waals surface area contributed by atoms with Gasteiger partial charge in [0, 0.05) is 30.8 Å². The van der Waals surface area contributed by atoms with Gasteiger partial charge in [-0.3, -0.25) is 24.2 Å². The first-order chi connectivity index (χ1) is 16.2. The normalized spacial score (nSPS) is 13.1. The average molecular weight is 604 g/mol. The molecule has 1 aliphatic heterocycles. The first-order valence-corrected chi connectivity index (χ1v) is 10.2. The number of nitrogen functional groups attached to an aromatic ring is 1. The van der Waals surface area contributed by atoms with Gasteiger partial charge in [0.1, 0.15) is 6.04 Å². The fourth-order valence-corrected chi connectivity index (χ4v) is 3.39. The molecule has 0 bridgehead atoms. The second kappa shape index (κ2) is 19.5. The van der Waals surface area contributed by atoms with Gasteiger partial charge in [-0.05, 0) is 30.7 Å². The number of carbonyl (C=O) groups excluding carboxylic acids is 2. The van der Waals surface area contributed by atoms with E-state index in [9.17, 15) is 29.1 Å². The molecule has 0 saturated carbocycles. The van der Waals surface area contributed by atoms with Crippen molar-refractivity contribution >= 4 is 85.1 Å². The van der Waals surface area contributed by atoms with E-state index in [1.54, 1.807) is 12.1 Å². The van der Waals surface area contributed by atoms with Crippen molar-refractivity contribution in [3.63, 3.8) is 0 Å². The van der Waals surface area contributed by atoms with E-state index in [1.165, 1.54) is 17.0 Å². The number of hydrogen-bond acceptors (Lipinski definition) is 9. The molecule has 1 aliphatic rings. The Morgan fingerprint density at radius 2 is 1.73 bits per heavy atom. The summed E-state index contributed by atoms with van der Waals surface area (Å²) in [7, 11) is 0. The summed E-state index contributed by atoms with van der Waals surface area (Å²) in [6.45, 7) is 0.568. The van der Waals surface area contributed by atoms with Crippen molar-refractivity contribution in [2.45, 2.75) is 24.9 Å². The Morgan fingerprint density at radius 1 is 1.12 bits per heavy atom. The molecular weight excluding hydrogens is 570 g/mol. The first-order valence-electron chi connectivity index (χ1n) is 10.2. The maximum Gasteiger partial charge on any atom is 2.00 e. The number of carboxylic acid groups (broad SMARTS) is 2. The molecular formula is C20H33CaN7O12+2. The topological polar surface area (TPSA) is 377 Å². The van der Waals surface area contributed by atoms with Gasteiger partial charge in [-0.15, -0.1) is 0 Å². The SMILES string of the molecule is Nc1nc2c(c(=O)[nH]1)N(C=O)C(CNc1ccc(C(=O)N[C@@H](CCC(=O)O)C(=O)O)cc1)CN2.O.O.O.O.O.[Ca+2]. The van der Waals surface area contributed by atoms with E-state index in [0.717, 1.165) is 0 Å². The van der Waals surface area contributed by atoms with E-state index < -0.39 is 41.9 Å². The number of aromatic amines is 1. The van der Waals surface area contributed by atoms with Gasteiger partial charge in [-0.2, -0.15) is 4.98 Å². The molecule has 220 valence electrons. The predicted octanol–water partition coefficient (Wildman–Crippen LogP) is -5.24. The molecule has 0 spiro atoms. The molecule has 3 rings (SSSR count). The number of benzene rings is 1. The summed E-state index contributed by atoms with van der Waals surface area (Å²) in [6, 6.07) is 4.36. The monoisotopic (exact) mass is 603 g/mol. The van der Waals surface area contributed by atoms with Gasteiger partial charge in [-0.25, -0.2) is 4.79 Å². The number of nitrogens with one attached hydrogen (secondary N) is 4. The van der Waals surface area contributed by atoms with Gasteiger partial charge in [0.05, 0.1) is 6.04 Å². The molecule has 2 aromatic rings. The molecule has 40 heavy (non-hydrogen) atoms. The summed E-state index contributed by atoms with van der Waals surface area (Å²) < 4.78 is 0. The van der Waals surface area contributed by atoms with E-state index in [2.05, 4.69) is 25.9 Å². The maximum absolute atomic E-state index is 12.3. The van der Waals surface area contributed by atoms with E-state index in [4.69, 9.17) is 10.8 Å². The zero-order chi connectivity index (χ0) is 24.8. The fourth-order valence-electron chi connectivity index (χ4n) is 3.39. The largest absolute Gasteiger partial charge is 2.00 e. The Kier molecular flexibility index (Phi) is 21.2. The van der Waals surface area contributed by atoms with Crippen LogP contribution in [0.1, 0.15) is 23.2 Å². The quantitative estimate of drug-likeness (QED) is 0.0993. The van der Waals surface area contributed by atoms with Crippen LogP contribution in [0.3, 0.4) is 0 Å². The number of H-pyrrole nitrogens is 1. The van der Waals surface area contributed by atoms with E-state index >= 15 is 0 Å². The summed E-state index contributed by atoms with van der Waals surface area (Å²) in [4.78, 5) is 65.7. The number of rotatable bonds is 10. The minimum Gasteiger partial charge on any atom is -0.481 e. The van der Waals surface area contributed by atoms with E-state index in [-0.39, 0.29) is 101 Å². The van der Waals surface area contributed by atoms with Crippen LogP contribution in [-0.2, 0) is 14.4 Å². The van der Waals surface area contributed by atoms with Gasteiger partial charge >= 0.3 is 49.7 Å². The van der Waals surface area contributed by atoms with Crippen molar-refractivity contribution in [1.29, 1.82) is 0 Å². The van der Waals surface area contributed by atoms with Crippen LogP contribution in [0.5, 0.6) is 0 Å². The van der Waals surface area contributed by atoms with Crippen LogP contribution in [0.25, 0.3) is 0 Å². The third kappa shape index (κ3) is 10.9. The molecule has 0 radical (unpaired) electrons. The third-order valence-electron chi connectivity index (χ3n) is 5.12. The van der Waals surface area contributed by atoms with Crippen molar-refractivity contribution in [3.05, 3.63) is 40.2 Å². The molecule has 0 saturated heterocycles. The zero-order valence-corrected chi connectivity index (χ0v) is 23.2. The molecule has 1 unspecified atom stereocenters. The molecule has 1 aromatic heterocycles. The molecule has 19 nitrogen and oxygen atoms in total. The van der Waals surface area contributed by atoms with Crippen molar-refractivity contribution in [2.75, 3.05) is 34.4 Å². The van der Waals surface area contributed by atoms with Crippen LogP contribution >= 0.6 is 0 Å². The number of anilines is 4. The third-order valence-corrected chi connectivity index (χ3v) is 5.12. The van der Waals surface area contributed by atoms with Crippen LogP contribution in [0, 0.1) is 0 Å². The molecule has 2 heterocycles. The molecule has 18 N–H and O–H groups in total. The Morgan fingerprint density at radius 3 is 2.25 bits per heavy atom. The Balaban J connectivity index is -0.00000108. The fraction of sp³-hybridized carbons (Fsp3) is 0.300. The van der Waals surface area contributed by atoms with Gasteiger partial charge in [0.15, 0.2) is 11.5 Å². The summed E-state index contributed by atoms with van der Waals surface area (Å²) in [5, 5.41) is 26.3. The van der Waals surface area contributed by atoms with Crippen molar-refractivity contribution in [1.82, 2.24) is 15.3 Å². The molecule has 20 heteroatoms. The van der Waals surface area contributed by atoms with Crippen LogP contribution in [0.4, 0.5) is 23.1 Å². The Labute approximate surface area is 255 Å². The number of carboxylic acids is 2. The zero-order valence-electron chi connectivity index (χ0n) is 21.0. The van der Waals surface area contributed by atoms with E-state index in [1.807, 2.05) is 0 Å². The molecule has 2 atom stereocenters. The summed E-state index contributed by atoms with van der Waals surface area (Å²) in [6.07, 6.45) is -0.101. The van der Waals surface area contributed by atoms with Crippen LogP contribution < -0.4 is 32.1 Å². The van der Waals surface area contributed by atoms with Gasteiger partial charge in [0.2, 0.25) is 12.4 Å². The minimum atomic E-state index is -1.33. The summed E-state index contributed by atoms with van der Waals surface area (Å²) in [5.41, 5.74) is 5.84. The van der Waals surface area contributed by atoms with Crippen LogP contribution in [0.2, 0.25) is 0 Å². The first kappa shape index (κ1) is 43.5. The van der Waals surface area contributed by atoms with Crippen LogP contribution in [-0.4, -0.2) is 135 Å². The standard InChI is InChI=1S/C20H23N7O7.Ca.5H2O/c21-20-25-16-15(18(32)26-20)27(9-28)12(8-23-16)7-22-11-3-1-10(2-4-11)17(31)24-13(19(33)34)5-6-14(29)30;;;;;;/h1-4,9,12-13,22H,5-8H2,(H,24,31)(H,29,30)(H,33,34)(H4,21,23,25,26,32);;5*1H2/q;+2;;;;;/t12?,13-;;;;;;/m0....../s1. The number of aliphatic carboxylic acids is 2. The number of nitrogens with two attached hydrogens (primary N) is 1. The second-order valence-electron chi connectivity index (χ2n) is 7.45. The average Bonchev–Trinajstić information content (AvgIpc) is 2.79. The smallest absolute Gasteiger partial charge is 0.481 e. The van der Waals surface area contributed by atoms with Crippen LogP contribution in [0.15, 0.2) is 29.1 Å². The van der Waals surface area contributed by atoms with Crippen molar-refractivity contribution in [3.8, 4) is 0 Å². The van der Waals surface area contributed by atoms with Crippen molar-refractivity contribution in [2.24, 2.45) is 0 Å². The molecule has 1 aromatic carbocycles. The number of aromatic nitrogens is 2. The van der Waals surface area contributed by atoms with Crippen molar-refractivity contribution < 1.29 is 56.8 Å². The van der Waals surface area contributed by atoms with Gasteiger partial charge < -0.3 is 64.2 Å². The number of hydrogen-bond donors (Lipinski definition) is 7. The van der Waals surface area contributed by atoms with Gasteiger partial charge in [-0.1, -0.05) is 0 Å². The number of amides is 2. The van der Waals surface area contributed by atoms with E-state index in [0.29, 0.717) is 18.6 Å². The molecule has 2 amide bonds.